The average Bonchev–Trinajstić information content (AvgIpc) is 2.91. The molecule has 2 fully saturated rings. The fourth-order valence-electron chi connectivity index (χ4n) is 5.23. The van der Waals surface area contributed by atoms with Crippen molar-refractivity contribution in [2.75, 3.05) is 26.2 Å². The number of allylic oxidation sites excluding steroid dienone is 4. The van der Waals surface area contributed by atoms with E-state index < -0.39 is 0 Å². The van der Waals surface area contributed by atoms with E-state index in [4.69, 9.17) is 0 Å². The van der Waals surface area contributed by atoms with E-state index in [1.165, 1.54) is 31.3 Å². The number of hydrogen-bond acceptors (Lipinski definition) is 4. The Kier molecular flexibility index (Phi) is 6.92. The highest BCUT2D eigenvalue weighted by atomic mass is 16.1. The molecule has 2 unspecified atom stereocenters. The minimum Gasteiger partial charge on any atom is -0.372 e. The first-order chi connectivity index (χ1) is 13.4. The first-order valence-corrected chi connectivity index (χ1v) is 11.0. The van der Waals surface area contributed by atoms with Crippen LogP contribution in [0.1, 0.15) is 65.7 Å². The molecule has 28 heavy (non-hydrogen) atoms. The van der Waals surface area contributed by atoms with Crippen molar-refractivity contribution in [3.8, 4) is 0 Å². The van der Waals surface area contributed by atoms with Crippen molar-refractivity contribution in [2.24, 2.45) is 5.92 Å². The summed E-state index contributed by atoms with van der Waals surface area (Å²) in [7, 11) is 0. The van der Waals surface area contributed by atoms with E-state index in [-0.39, 0.29) is 11.6 Å². The summed E-state index contributed by atoms with van der Waals surface area (Å²) in [6, 6.07) is 0.521. The summed E-state index contributed by atoms with van der Waals surface area (Å²) in [4.78, 5) is 29.5. The quantitative estimate of drug-likeness (QED) is 0.663. The van der Waals surface area contributed by atoms with Gasteiger partial charge in [-0.3, -0.25) is 14.5 Å². The number of ketones is 2. The Balaban J connectivity index is 1.72. The molecule has 1 saturated carbocycles. The molecule has 0 N–H and O–H groups in total. The first kappa shape index (κ1) is 21.0. The Morgan fingerprint density at radius 3 is 2.39 bits per heavy atom. The van der Waals surface area contributed by atoms with Gasteiger partial charge in [-0.2, -0.15) is 0 Å². The van der Waals surface area contributed by atoms with E-state index in [2.05, 4.69) is 23.3 Å². The van der Waals surface area contributed by atoms with Crippen molar-refractivity contribution < 1.29 is 9.59 Å². The summed E-state index contributed by atoms with van der Waals surface area (Å²) in [6.45, 7) is 13.7. The van der Waals surface area contributed by atoms with Gasteiger partial charge in [0.1, 0.15) is 0 Å². The molecule has 0 aromatic rings. The second kappa shape index (κ2) is 9.21. The maximum atomic E-state index is 12.4. The molecule has 3 rings (SSSR count). The third-order valence-electron chi connectivity index (χ3n) is 6.84. The van der Waals surface area contributed by atoms with Crippen molar-refractivity contribution in [1.29, 1.82) is 0 Å². The van der Waals surface area contributed by atoms with E-state index in [0.29, 0.717) is 17.2 Å². The SMILES string of the molecule is C=C1CC(CC)CCC1N1CCN(C2=C(C(C)=O)C(C(C)=O)=CCCC2)CC1. The van der Waals surface area contributed by atoms with Gasteiger partial charge in [-0.05, 0) is 58.3 Å². The van der Waals surface area contributed by atoms with Crippen LogP contribution in [-0.4, -0.2) is 53.6 Å². The van der Waals surface area contributed by atoms with E-state index in [1.807, 2.05) is 6.08 Å². The molecule has 0 radical (unpaired) electrons. The van der Waals surface area contributed by atoms with Crippen LogP contribution >= 0.6 is 0 Å². The Morgan fingerprint density at radius 1 is 1.11 bits per heavy atom. The Hall–Kier alpha value is -1.68. The molecule has 1 aliphatic heterocycles. The van der Waals surface area contributed by atoms with Crippen LogP contribution in [-0.2, 0) is 9.59 Å². The van der Waals surface area contributed by atoms with Crippen molar-refractivity contribution in [3.05, 3.63) is 35.1 Å². The largest absolute Gasteiger partial charge is 0.372 e. The molecule has 154 valence electrons. The summed E-state index contributed by atoms with van der Waals surface area (Å²) in [5, 5.41) is 0. The number of carbonyl (C=O) groups excluding carboxylic acids is 2. The van der Waals surface area contributed by atoms with Gasteiger partial charge in [0, 0.05) is 49.1 Å². The molecule has 1 saturated heterocycles. The van der Waals surface area contributed by atoms with Gasteiger partial charge in [0.25, 0.3) is 0 Å². The first-order valence-electron chi connectivity index (χ1n) is 11.0. The van der Waals surface area contributed by atoms with Crippen LogP contribution in [0.5, 0.6) is 0 Å². The highest BCUT2D eigenvalue weighted by molar-refractivity contribution is 6.11. The lowest BCUT2D eigenvalue weighted by Gasteiger charge is -2.44. The number of hydrogen-bond donors (Lipinski definition) is 0. The molecule has 0 aromatic carbocycles. The lowest BCUT2D eigenvalue weighted by Crippen LogP contribution is -2.51. The highest BCUT2D eigenvalue weighted by Gasteiger charge is 2.32. The molecular weight excluding hydrogens is 348 g/mol. The Bertz CT molecular complexity index is 695. The third-order valence-corrected chi connectivity index (χ3v) is 6.84. The zero-order chi connectivity index (χ0) is 20.3. The van der Waals surface area contributed by atoms with E-state index in [1.54, 1.807) is 13.8 Å². The maximum absolute atomic E-state index is 12.4. The number of rotatable bonds is 5. The molecule has 3 aliphatic rings. The van der Waals surface area contributed by atoms with Gasteiger partial charge in [0.15, 0.2) is 11.6 Å². The van der Waals surface area contributed by atoms with E-state index in [9.17, 15) is 9.59 Å². The van der Waals surface area contributed by atoms with Crippen LogP contribution in [0.3, 0.4) is 0 Å². The van der Waals surface area contributed by atoms with Crippen molar-refractivity contribution in [2.45, 2.75) is 71.8 Å². The molecule has 1 heterocycles. The molecular formula is C24H36N2O2. The van der Waals surface area contributed by atoms with Crippen molar-refractivity contribution >= 4 is 11.6 Å². The number of nitrogens with zero attached hydrogens (tertiary/aromatic N) is 2. The van der Waals surface area contributed by atoms with Gasteiger partial charge < -0.3 is 4.90 Å². The number of carbonyl (C=O) groups is 2. The Morgan fingerprint density at radius 2 is 1.82 bits per heavy atom. The van der Waals surface area contributed by atoms with Gasteiger partial charge in [-0.15, -0.1) is 0 Å². The monoisotopic (exact) mass is 384 g/mol. The molecule has 4 nitrogen and oxygen atoms in total. The van der Waals surface area contributed by atoms with Crippen molar-refractivity contribution in [3.63, 3.8) is 0 Å². The van der Waals surface area contributed by atoms with Crippen LogP contribution in [0.4, 0.5) is 0 Å². The highest BCUT2D eigenvalue weighted by Crippen LogP contribution is 2.34. The predicted octanol–water partition coefficient (Wildman–Crippen LogP) is 4.28. The smallest absolute Gasteiger partial charge is 0.162 e. The lowest BCUT2D eigenvalue weighted by atomic mass is 9.81. The second-order valence-corrected chi connectivity index (χ2v) is 8.70. The molecule has 0 aromatic heterocycles. The van der Waals surface area contributed by atoms with Gasteiger partial charge >= 0.3 is 0 Å². The fourth-order valence-corrected chi connectivity index (χ4v) is 5.23. The average molecular weight is 385 g/mol. The minimum absolute atomic E-state index is 0.00668. The molecule has 2 atom stereocenters. The Labute approximate surface area is 170 Å². The lowest BCUT2D eigenvalue weighted by molar-refractivity contribution is -0.116. The van der Waals surface area contributed by atoms with Gasteiger partial charge in [-0.25, -0.2) is 0 Å². The summed E-state index contributed by atoms with van der Waals surface area (Å²) in [5.74, 6) is 0.843. The summed E-state index contributed by atoms with van der Waals surface area (Å²) in [5.41, 5.74) is 3.81. The zero-order valence-corrected chi connectivity index (χ0v) is 17.9. The number of Topliss-reactive ketones (excluding diaryl/α,β-unsaturated/α-hetero) is 2. The third kappa shape index (κ3) is 4.48. The molecule has 0 spiro atoms. The topological polar surface area (TPSA) is 40.6 Å². The fraction of sp³-hybridized carbons (Fsp3) is 0.667. The normalized spacial score (nSPS) is 27.5. The summed E-state index contributed by atoms with van der Waals surface area (Å²) in [6.07, 6.45) is 9.70. The maximum Gasteiger partial charge on any atom is 0.162 e. The number of piperazine rings is 1. The summed E-state index contributed by atoms with van der Waals surface area (Å²) >= 11 is 0. The van der Waals surface area contributed by atoms with E-state index >= 15 is 0 Å². The second-order valence-electron chi connectivity index (χ2n) is 8.70. The van der Waals surface area contributed by atoms with Crippen LogP contribution in [0.15, 0.2) is 35.1 Å². The van der Waals surface area contributed by atoms with Crippen LogP contribution in [0, 0.1) is 5.92 Å². The zero-order valence-electron chi connectivity index (χ0n) is 17.9. The molecule has 0 bridgehead atoms. The van der Waals surface area contributed by atoms with Gasteiger partial charge in [-0.1, -0.05) is 31.6 Å². The molecule has 2 aliphatic carbocycles. The summed E-state index contributed by atoms with van der Waals surface area (Å²) < 4.78 is 0. The minimum atomic E-state index is 0.00668. The van der Waals surface area contributed by atoms with Crippen LogP contribution in [0.25, 0.3) is 0 Å². The standard InChI is InChI=1S/C24H36N2O2/c1-5-20-10-11-22(17(2)16-20)25-12-14-26(15-13-25)23-9-7-6-8-21(18(3)27)24(23)19(4)28/h8,20,22H,2,5-7,9-16H2,1,3-4H3. The van der Waals surface area contributed by atoms with Crippen LogP contribution in [0.2, 0.25) is 0 Å². The van der Waals surface area contributed by atoms with Gasteiger partial charge in [0.2, 0.25) is 0 Å². The predicted molar refractivity (Wildman–Crippen MR) is 114 cm³/mol. The van der Waals surface area contributed by atoms with E-state index in [0.717, 1.165) is 57.1 Å². The molecule has 4 heteroatoms. The van der Waals surface area contributed by atoms with Crippen molar-refractivity contribution in [1.82, 2.24) is 9.80 Å². The van der Waals surface area contributed by atoms with Crippen LogP contribution < -0.4 is 0 Å². The molecule has 0 amide bonds. The van der Waals surface area contributed by atoms with Gasteiger partial charge in [0.05, 0.1) is 0 Å².